The normalized spacial score (nSPS) is 12.5. The summed E-state index contributed by atoms with van der Waals surface area (Å²) < 4.78 is 22.1. The minimum Gasteiger partial charge on any atom is -0.320 e. The molecule has 0 heterocycles. The van der Waals surface area contributed by atoms with Crippen molar-refractivity contribution < 1.29 is 13.2 Å². The van der Waals surface area contributed by atoms with Crippen LogP contribution in [0.4, 0.5) is 5.69 Å². The van der Waals surface area contributed by atoms with Gasteiger partial charge in [-0.3, -0.25) is 4.79 Å². The number of sulfone groups is 1. The number of hydrogen-bond donors (Lipinski definition) is 1. The van der Waals surface area contributed by atoms with E-state index < -0.39 is 15.9 Å². The first kappa shape index (κ1) is 16.1. The molecule has 0 radical (unpaired) electrons. The highest BCUT2D eigenvalue weighted by Crippen LogP contribution is 2.15. The zero-order chi connectivity index (χ0) is 15.3. The van der Waals surface area contributed by atoms with Gasteiger partial charge in [0, 0.05) is 19.0 Å². The largest absolute Gasteiger partial charge is 0.320 e. The highest BCUT2D eigenvalue weighted by atomic mass is 32.2. The molecule has 1 atom stereocenters. The molecule has 0 spiro atoms. The Balaban J connectivity index is 2.78. The van der Waals surface area contributed by atoms with Crippen LogP contribution in [0.15, 0.2) is 24.3 Å². The number of amides is 1. The van der Waals surface area contributed by atoms with Gasteiger partial charge in [-0.15, -0.1) is 0 Å². The van der Waals surface area contributed by atoms with Gasteiger partial charge < -0.3 is 10.6 Å². The predicted molar refractivity (Wildman–Crippen MR) is 76.9 cm³/mol. The highest BCUT2D eigenvalue weighted by molar-refractivity contribution is 7.90. The molecule has 1 aromatic rings. The van der Waals surface area contributed by atoms with Crippen molar-refractivity contribution in [2.24, 2.45) is 5.73 Å². The molecular weight excluding hydrogens is 278 g/mol. The summed E-state index contributed by atoms with van der Waals surface area (Å²) in [5.41, 5.74) is 6.69. The van der Waals surface area contributed by atoms with E-state index in [0.29, 0.717) is 11.3 Å². The first-order valence-corrected chi connectivity index (χ1v) is 8.01. The van der Waals surface area contributed by atoms with Crippen molar-refractivity contribution in [2.45, 2.75) is 12.5 Å². The van der Waals surface area contributed by atoms with Gasteiger partial charge in [0.05, 0.1) is 23.4 Å². The topological polar surface area (TPSA) is 104 Å². The van der Waals surface area contributed by atoms with E-state index in [0.717, 1.165) is 6.26 Å². The molecule has 1 aromatic carbocycles. The van der Waals surface area contributed by atoms with Crippen LogP contribution in [0.2, 0.25) is 0 Å². The van der Waals surface area contributed by atoms with Crippen molar-refractivity contribution in [2.75, 3.05) is 24.0 Å². The quantitative estimate of drug-likeness (QED) is 0.840. The summed E-state index contributed by atoms with van der Waals surface area (Å²) in [5.74, 6) is -0.518. The minimum absolute atomic E-state index is 0.0694. The second-order valence-corrected chi connectivity index (χ2v) is 6.84. The van der Waals surface area contributed by atoms with Crippen LogP contribution in [-0.4, -0.2) is 39.4 Å². The van der Waals surface area contributed by atoms with Crippen molar-refractivity contribution in [1.29, 1.82) is 5.26 Å². The Labute approximate surface area is 118 Å². The molecule has 108 valence electrons. The monoisotopic (exact) mass is 295 g/mol. The van der Waals surface area contributed by atoms with Gasteiger partial charge in [-0.2, -0.15) is 5.26 Å². The van der Waals surface area contributed by atoms with Crippen molar-refractivity contribution in [3.63, 3.8) is 0 Å². The van der Waals surface area contributed by atoms with Crippen LogP contribution in [0.1, 0.15) is 12.0 Å². The van der Waals surface area contributed by atoms with Gasteiger partial charge in [0.15, 0.2) is 0 Å². The lowest BCUT2D eigenvalue weighted by Gasteiger charge is -2.21. The molecule has 1 rings (SSSR count). The van der Waals surface area contributed by atoms with E-state index >= 15 is 0 Å². The number of nitriles is 1. The molecule has 7 heteroatoms. The third kappa shape index (κ3) is 4.64. The number of anilines is 1. The van der Waals surface area contributed by atoms with Crippen LogP contribution in [0.25, 0.3) is 0 Å². The van der Waals surface area contributed by atoms with Gasteiger partial charge in [0.25, 0.3) is 0 Å². The summed E-state index contributed by atoms with van der Waals surface area (Å²) >= 11 is 0. The molecule has 6 nitrogen and oxygen atoms in total. The number of carbonyl (C=O) groups excluding carboxylic acids is 1. The lowest BCUT2D eigenvalue weighted by atomic mass is 10.1. The summed E-state index contributed by atoms with van der Waals surface area (Å²) in [5, 5.41) is 8.82. The molecule has 0 aliphatic carbocycles. The highest BCUT2D eigenvalue weighted by Gasteiger charge is 2.20. The molecule has 0 aromatic heterocycles. The minimum atomic E-state index is -3.15. The fraction of sp³-hybridized carbons (Fsp3) is 0.385. The molecule has 1 unspecified atom stereocenters. The molecule has 0 bridgehead atoms. The van der Waals surface area contributed by atoms with Crippen LogP contribution < -0.4 is 10.6 Å². The van der Waals surface area contributed by atoms with Crippen LogP contribution in [0.5, 0.6) is 0 Å². The van der Waals surface area contributed by atoms with Gasteiger partial charge >= 0.3 is 0 Å². The molecule has 0 saturated heterocycles. The van der Waals surface area contributed by atoms with Crippen molar-refractivity contribution in [3.05, 3.63) is 29.8 Å². The maximum absolute atomic E-state index is 12.1. The number of hydrogen-bond acceptors (Lipinski definition) is 5. The SMILES string of the molecule is CN(C(=O)C(N)CCS(C)(=O)=O)c1cccc(C#N)c1. The van der Waals surface area contributed by atoms with Gasteiger partial charge in [-0.25, -0.2) is 8.42 Å². The van der Waals surface area contributed by atoms with Crippen LogP contribution in [0.3, 0.4) is 0 Å². The summed E-state index contributed by atoms with van der Waals surface area (Å²) in [6, 6.07) is 7.65. The first-order chi connectivity index (χ1) is 9.24. The average Bonchev–Trinajstić information content (AvgIpc) is 2.42. The van der Waals surface area contributed by atoms with E-state index in [1.807, 2.05) is 6.07 Å². The van der Waals surface area contributed by atoms with Gasteiger partial charge in [-0.1, -0.05) is 6.07 Å². The Bertz CT molecular complexity index is 635. The molecule has 0 fully saturated rings. The number of nitrogens with zero attached hydrogens (tertiary/aromatic N) is 2. The third-order valence-electron chi connectivity index (χ3n) is 2.81. The Morgan fingerprint density at radius 3 is 2.70 bits per heavy atom. The second-order valence-electron chi connectivity index (χ2n) is 4.58. The third-order valence-corrected chi connectivity index (χ3v) is 3.79. The fourth-order valence-corrected chi connectivity index (χ4v) is 2.31. The average molecular weight is 295 g/mol. The maximum atomic E-state index is 12.1. The van der Waals surface area contributed by atoms with Gasteiger partial charge in [0.2, 0.25) is 5.91 Å². The van der Waals surface area contributed by atoms with Crippen molar-refractivity contribution >= 4 is 21.4 Å². The van der Waals surface area contributed by atoms with E-state index in [4.69, 9.17) is 11.0 Å². The summed E-state index contributed by atoms with van der Waals surface area (Å²) in [7, 11) is -1.61. The second kappa shape index (κ2) is 6.50. The number of likely N-dealkylation sites (N-methyl/N-ethyl adjacent to an activating group) is 1. The standard InChI is InChI=1S/C13H17N3O3S/c1-16(11-5-3-4-10(8-11)9-14)13(17)12(15)6-7-20(2,18)19/h3-5,8,12H,6-7,15H2,1-2H3. The number of nitrogens with two attached hydrogens (primary N) is 1. The zero-order valence-electron chi connectivity index (χ0n) is 11.4. The Hall–Kier alpha value is -1.91. The Morgan fingerprint density at radius 2 is 2.15 bits per heavy atom. The lowest BCUT2D eigenvalue weighted by molar-refractivity contribution is -0.119. The van der Waals surface area contributed by atoms with Gasteiger partial charge in [-0.05, 0) is 24.6 Å². The fourth-order valence-electron chi connectivity index (χ4n) is 1.62. The van der Waals surface area contributed by atoms with Crippen LogP contribution in [0, 0.1) is 11.3 Å². The van der Waals surface area contributed by atoms with E-state index in [-0.39, 0.29) is 18.1 Å². The Kier molecular flexibility index (Phi) is 5.25. The maximum Gasteiger partial charge on any atom is 0.243 e. The lowest BCUT2D eigenvalue weighted by Crippen LogP contribution is -2.42. The molecule has 0 aliphatic rings. The molecule has 0 aliphatic heterocycles. The van der Waals surface area contributed by atoms with Crippen molar-refractivity contribution in [3.8, 4) is 6.07 Å². The molecule has 20 heavy (non-hydrogen) atoms. The summed E-state index contributed by atoms with van der Waals surface area (Å²) in [6.45, 7) is 0. The van der Waals surface area contributed by atoms with E-state index in [9.17, 15) is 13.2 Å². The van der Waals surface area contributed by atoms with Gasteiger partial charge in [0.1, 0.15) is 9.84 Å². The van der Waals surface area contributed by atoms with E-state index in [1.54, 1.807) is 31.3 Å². The number of rotatable bonds is 5. The molecular formula is C13H17N3O3S. The predicted octanol–water partition coefficient (Wildman–Crippen LogP) is 0.283. The first-order valence-electron chi connectivity index (χ1n) is 5.95. The zero-order valence-corrected chi connectivity index (χ0v) is 12.2. The smallest absolute Gasteiger partial charge is 0.243 e. The summed E-state index contributed by atoms with van der Waals surface area (Å²) in [4.78, 5) is 13.4. The number of benzene rings is 1. The van der Waals surface area contributed by atoms with E-state index in [2.05, 4.69) is 0 Å². The van der Waals surface area contributed by atoms with E-state index in [1.165, 1.54) is 4.90 Å². The molecule has 1 amide bonds. The number of carbonyl (C=O) groups is 1. The van der Waals surface area contributed by atoms with Crippen molar-refractivity contribution in [1.82, 2.24) is 0 Å². The molecule has 2 N–H and O–H groups in total. The molecule has 0 saturated carbocycles. The van der Waals surface area contributed by atoms with Crippen LogP contribution in [-0.2, 0) is 14.6 Å². The van der Waals surface area contributed by atoms with Crippen LogP contribution >= 0.6 is 0 Å². The Morgan fingerprint density at radius 1 is 1.50 bits per heavy atom. The summed E-state index contributed by atoms with van der Waals surface area (Å²) in [6.07, 6.45) is 1.17.